The Morgan fingerprint density at radius 3 is 2.52 bits per heavy atom. The van der Waals surface area contributed by atoms with Gasteiger partial charge in [0.15, 0.2) is 0 Å². The molecule has 0 aliphatic heterocycles. The van der Waals surface area contributed by atoms with Crippen LogP contribution >= 0.6 is 0 Å². The molecule has 0 bridgehead atoms. The van der Waals surface area contributed by atoms with Gasteiger partial charge in [-0.1, -0.05) is 36.4 Å². The third-order valence-corrected chi connectivity index (χ3v) is 5.40. The van der Waals surface area contributed by atoms with Crippen molar-refractivity contribution in [2.24, 2.45) is 0 Å². The van der Waals surface area contributed by atoms with E-state index in [1.54, 1.807) is 31.2 Å². The molecule has 6 heteroatoms. The highest BCUT2D eigenvalue weighted by molar-refractivity contribution is 6.02. The number of esters is 1. The van der Waals surface area contributed by atoms with Crippen molar-refractivity contribution in [3.63, 3.8) is 0 Å². The van der Waals surface area contributed by atoms with Gasteiger partial charge in [0.1, 0.15) is 11.6 Å². The standard InChI is InChI=1S/C27H27N3O3/c1-5-33-27(32)22-12-9-13-25(16-22)30-18(2)14-23(20(30)4)15-24(17-28)26(31)29-19(3)21-10-7-6-8-11-21/h6-16,19H,5H2,1-4H3,(H,29,31)/b24-15-/t19-/m0/s1. The molecule has 2 aromatic carbocycles. The molecule has 0 saturated carbocycles. The Kier molecular flexibility index (Phi) is 7.47. The second kappa shape index (κ2) is 10.5. The molecule has 0 spiro atoms. The van der Waals surface area contributed by atoms with Crippen LogP contribution in [-0.4, -0.2) is 23.1 Å². The molecule has 0 fully saturated rings. The summed E-state index contributed by atoms with van der Waals surface area (Å²) < 4.78 is 7.08. The van der Waals surface area contributed by atoms with Gasteiger partial charge < -0.3 is 14.6 Å². The number of nitrogens with one attached hydrogen (secondary N) is 1. The summed E-state index contributed by atoms with van der Waals surface area (Å²) in [6.07, 6.45) is 1.60. The molecule has 0 saturated heterocycles. The Hall–Kier alpha value is -4.11. The third-order valence-electron chi connectivity index (χ3n) is 5.40. The fraction of sp³-hybridized carbons (Fsp3) is 0.222. The first-order valence-corrected chi connectivity index (χ1v) is 10.8. The minimum absolute atomic E-state index is 0.0262. The lowest BCUT2D eigenvalue weighted by atomic mass is 10.1. The smallest absolute Gasteiger partial charge is 0.338 e. The van der Waals surface area contributed by atoms with Crippen molar-refractivity contribution in [3.8, 4) is 11.8 Å². The molecule has 0 aliphatic rings. The van der Waals surface area contributed by atoms with Crippen molar-refractivity contribution < 1.29 is 14.3 Å². The van der Waals surface area contributed by atoms with Gasteiger partial charge in [0.05, 0.1) is 18.2 Å². The van der Waals surface area contributed by atoms with Gasteiger partial charge in [0, 0.05) is 17.1 Å². The largest absolute Gasteiger partial charge is 0.462 e. The van der Waals surface area contributed by atoms with E-state index in [4.69, 9.17) is 4.74 Å². The minimum atomic E-state index is -0.428. The molecule has 1 atom stereocenters. The zero-order chi connectivity index (χ0) is 24.0. The van der Waals surface area contributed by atoms with E-state index in [2.05, 4.69) is 5.32 Å². The number of aryl methyl sites for hydroxylation is 1. The summed E-state index contributed by atoms with van der Waals surface area (Å²) in [4.78, 5) is 24.9. The van der Waals surface area contributed by atoms with Crippen LogP contribution in [0.4, 0.5) is 0 Å². The van der Waals surface area contributed by atoms with Gasteiger partial charge in [-0.15, -0.1) is 0 Å². The van der Waals surface area contributed by atoms with Crippen LogP contribution in [-0.2, 0) is 9.53 Å². The van der Waals surface area contributed by atoms with E-state index in [1.165, 1.54) is 0 Å². The summed E-state index contributed by atoms with van der Waals surface area (Å²) in [5.41, 5.74) is 4.77. The molecule has 0 radical (unpaired) electrons. The number of hydrogen-bond donors (Lipinski definition) is 1. The Labute approximate surface area is 194 Å². The summed E-state index contributed by atoms with van der Waals surface area (Å²) in [7, 11) is 0. The van der Waals surface area contributed by atoms with E-state index in [-0.39, 0.29) is 17.6 Å². The fourth-order valence-corrected chi connectivity index (χ4v) is 3.72. The molecule has 168 valence electrons. The van der Waals surface area contributed by atoms with Crippen LogP contribution < -0.4 is 5.32 Å². The average molecular weight is 442 g/mol. The average Bonchev–Trinajstić information content (AvgIpc) is 3.10. The van der Waals surface area contributed by atoms with Crippen LogP contribution in [0.5, 0.6) is 0 Å². The minimum Gasteiger partial charge on any atom is -0.462 e. The van der Waals surface area contributed by atoms with E-state index >= 15 is 0 Å². The Balaban J connectivity index is 1.89. The van der Waals surface area contributed by atoms with Crippen molar-refractivity contribution >= 4 is 18.0 Å². The van der Waals surface area contributed by atoms with E-state index in [9.17, 15) is 14.9 Å². The molecule has 33 heavy (non-hydrogen) atoms. The summed E-state index contributed by atoms with van der Waals surface area (Å²) in [6, 6.07) is 20.5. The Morgan fingerprint density at radius 1 is 1.12 bits per heavy atom. The normalized spacial score (nSPS) is 12.0. The number of nitriles is 1. The molecular weight excluding hydrogens is 414 g/mol. The van der Waals surface area contributed by atoms with Crippen LogP contribution in [0, 0.1) is 25.2 Å². The SMILES string of the molecule is CCOC(=O)c1cccc(-n2c(C)cc(/C=C(/C#N)C(=O)N[C@@H](C)c3ccccc3)c2C)c1. The van der Waals surface area contributed by atoms with Crippen molar-refractivity contribution in [2.45, 2.75) is 33.7 Å². The number of rotatable bonds is 7. The highest BCUT2D eigenvalue weighted by Gasteiger charge is 2.17. The van der Waals surface area contributed by atoms with Gasteiger partial charge >= 0.3 is 5.97 Å². The highest BCUT2D eigenvalue weighted by Crippen LogP contribution is 2.24. The van der Waals surface area contributed by atoms with Gasteiger partial charge in [0.25, 0.3) is 5.91 Å². The second-order valence-electron chi connectivity index (χ2n) is 7.71. The van der Waals surface area contributed by atoms with Crippen LogP contribution in [0.25, 0.3) is 11.8 Å². The summed E-state index contributed by atoms with van der Waals surface area (Å²) in [6.45, 7) is 7.80. The fourth-order valence-electron chi connectivity index (χ4n) is 3.72. The highest BCUT2D eigenvalue weighted by atomic mass is 16.5. The number of ether oxygens (including phenoxy) is 1. The van der Waals surface area contributed by atoms with Gasteiger partial charge in [-0.05, 0) is 69.2 Å². The van der Waals surface area contributed by atoms with E-state index in [1.807, 2.05) is 73.9 Å². The molecule has 1 aromatic heterocycles. The number of amides is 1. The van der Waals surface area contributed by atoms with Crippen molar-refractivity contribution in [2.75, 3.05) is 6.61 Å². The number of aromatic nitrogens is 1. The molecule has 6 nitrogen and oxygen atoms in total. The first kappa shape index (κ1) is 23.6. The zero-order valence-corrected chi connectivity index (χ0v) is 19.3. The maximum Gasteiger partial charge on any atom is 0.338 e. The molecule has 3 rings (SSSR count). The van der Waals surface area contributed by atoms with Crippen molar-refractivity contribution in [1.29, 1.82) is 5.26 Å². The van der Waals surface area contributed by atoms with Gasteiger partial charge in [-0.2, -0.15) is 5.26 Å². The maximum absolute atomic E-state index is 12.8. The molecule has 0 aliphatic carbocycles. The Bertz CT molecular complexity index is 1230. The summed E-state index contributed by atoms with van der Waals surface area (Å²) >= 11 is 0. The first-order valence-electron chi connectivity index (χ1n) is 10.8. The lowest BCUT2D eigenvalue weighted by molar-refractivity contribution is -0.117. The molecular formula is C27H27N3O3. The number of carbonyl (C=O) groups is 2. The van der Waals surface area contributed by atoms with Gasteiger partial charge in [-0.25, -0.2) is 4.79 Å². The van der Waals surface area contributed by atoms with E-state index in [0.717, 1.165) is 28.2 Å². The maximum atomic E-state index is 12.8. The number of carbonyl (C=O) groups excluding carboxylic acids is 2. The number of nitrogens with zero attached hydrogens (tertiary/aromatic N) is 2. The van der Waals surface area contributed by atoms with Crippen LogP contribution in [0.1, 0.15) is 52.8 Å². The topological polar surface area (TPSA) is 84.1 Å². The van der Waals surface area contributed by atoms with Gasteiger partial charge in [-0.3, -0.25) is 4.79 Å². The molecule has 3 aromatic rings. The zero-order valence-electron chi connectivity index (χ0n) is 19.3. The molecule has 0 unspecified atom stereocenters. The van der Waals surface area contributed by atoms with Gasteiger partial charge in [0.2, 0.25) is 0 Å². The molecule has 1 heterocycles. The number of benzene rings is 2. The molecule has 1 amide bonds. The first-order chi connectivity index (χ1) is 15.8. The number of hydrogen-bond acceptors (Lipinski definition) is 4. The molecule has 1 N–H and O–H groups in total. The predicted molar refractivity (Wildman–Crippen MR) is 128 cm³/mol. The second-order valence-corrected chi connectivity index (χ2v) is 7.71. The van der Waals surface area contributed by atoms with Crippen LogP contribution in [0.3, 0.4) is 0 Å². The van der Waals surface area contributed by atoms with E-state index < -0.39 is 5.91 Å². The van der Waals surface area contributed by atoms with Crippen LogP contribution in [0.15, 0.2) is 66.2 Å². The lowest BCUT2D eigenvalue weighted by Crippen LogP contribution is -2.27. The Morgan fingerprint density at radius 2 is 1.85 bits per heavy atom. The monoisotopic (exact) mass is 441 g/mol. The summed E-state index contributed by atoms with van der Waals surface area (Å²) in [5.74, 6) is -0.805. The summed E-state index contributed by atoms with van der Waals surface area (Å²) in [5, 5.41) is 12.5. The predicted octanol–water partition coefficient (Wildman–Crippen LogP) is 5.06. The lowest BCUT2D eigenvalue weighted by Gasteiger charge is -2.14. The van der Waals surface area contributed by atoms with E-state index in [0.29, 0.717) is 12.2 Å². The van der Waals surface area contributed by atoms with Crippen molar-refractivity contribution in [3.05, 3.63) is 94.3 Å². The van der Waals surface area contributed by atoms with Crippen molar-refractivity contribution in [1.82, 2.24) is 9.88 Å². The quantitative estimate of drug-likeness (QED) is 0.316. The van der Waals surface area contributed by atoms with Crippen LogP contribution in [0.2, 0.25) is 0 Å². The third kappa shape index (κ3) is 5.39.